The molecular weight excluding hydrogens is 376 g/mol. The zero-order valence-corrected chi connectivity index (χ0v) is 16.4. The van der Waals surface area contributed by atoms with E-state index in [0.29, 0.717) is 31.0 Å². The van der Waals surface area contributed by atoms with Crippen molar-refractivity contribution in [3.8, 4) is 22.4 Å². The number of benzene rings is 2. The average Bonchev–Trinajstić information content (AvgIpc) is 3.22. The lowest BCUT2D eigenvalue weighted by Crippen LogP contribution is -2.12. The third kappa shape index (κ3) is 4.45. The van der Waals surface area contributed by atoms with E-state index in [1.165, 1.54) is 0 Å². The molecule has 0 radical (unpaired) electrons. The number of hydrogen-bond acceptors (Lipinski definition) is 5. The maximum absolute atomic E-state index is 12.6. The van der Waals surface area contributed by atoms with Gasteiger partial charge in [-0.25, -0.2) is 0 Å². The summed E-state index contributed by atoms with van der Waals surface area (Å²) in [4.78, 5) is 16.7. The number of nitrogens with one attached hydrogen (secondary N) is 1. The van der Waals surface area contributed by atoms with Crippen molar-refractivity contribution in [3.05, 3.63) is 90.3 Å². The van der Waals surface area contributed by atoms with Gasteiger partial charge in [-0.15, -0.1) is 0 Å². The van der Waals surface area contributed by atoms with E-state index in [9.17, 15) is 4.79 Å². The lowest BCUT2D eigenvalue weighted by atomic mass is 10.0. The lowest BCUT2D eigenvalue weighted by Gasteiger charge is -2.07. The van der Waals surface area contributed by atoms with Crippen LogP contribution in [0.25, 0.3) is 22.4 Å². The fraction of sp³-hybridized carbons (Fsp3) is 0.125. The van der Waals surface area contributed by atoms with Crippen molar-refractivity contribution in [1.29, 1.82) is 0 Å². The largest absolute Gasteiger partial charge is 0.337 e. The Morgan fingerprint density at radius 1 is 0.900 bits per heavy atom. The molecule has 0 unspecified atom stereocenters. The highest BCUT2D eigenvalue weighted by Crippen LogP contribution is 2.37. The Kier molecular flexibility index (Phi) is 5.96. The number of aromatic nitrogens is 2. The molecule has 0 bridgehead atoms. The Morgan fingerprint density at radius 2 is 1.63 bits per heavy atom. The van der Waals surface area contributed by atoms with Crippen LogP contribution in [0, 0.1) is 0 Å². The molecule has 4 rings (SSSR count). The highest BCUT2D eigenvalue weighted by molar-refractivity contribution is 5.97. The molecule has 2 heterocycles. The van der Waals surface area contributed by atoms with E-state index in [2.05, 4.69) is 15.5 Å². The van der Waals surface area contributed by atoms with Crippen LogP contribution in [0.15, 0.2) is 83.6 Å². The zero-order chi connectivity index (χ0) is 20.8. The molecule has 3 N–H and O–H groups in total. The monoisotopic (exact) mass is 398 g/mol. The number of rotatable bonds is 7. The summed E-state index contributed by atoms with van der Waals surface area (Å²) in [6, 6.07) is 21.4. The maximum Gasteiger partial charge on any atom is 0.239 e. The lowest BCUT2D eigenvalue weighted by molar-refractivity contribution is -0.116. The minimum Gasteiger partial charge on any atom is -0.337 e. The second-order valence-corrected chi connectivity index (χ2v) is 6.91. The Morgan fingerprint density at radius 3 is 2.33 bits per heavy atom. The van der Waals surface area contributed by atoms with Crippen LogP contribution in [0.3, 0.4) is 0 Å². The summed E-state index contributed by atoms with van der Waals surface area (Å²) in [5.41, 5.74) is 11.0. The van der Waals surface area contributed by atoms with Crippen molar-refractivity contribution >= 4 is 11.8 Å². The third-order valence-electron chi connectivity index (χ3n) is 4.86. The molecule has 0 aliphatic carbocycles. The van der Waals surface area contributed by atoms with Gasteiger partial charge in [-0.1, -0.05) is 59.8 Å². The van der Waals surface area contributed by atoms with Crippen molar-refractivity contribution < 1.29 is 9.32 Å². The van der Waals surface area contributed by atoms with Gasteiger partial charge in [0.05, 0.1) is 5.56 Å². The quantitative estimate of drug-likeness (QED) is 0.480. The van der Waals surface area contributed by atoms with Crippen LogP contribution in [0.1, 0.15) is 17.5 Å². The van der Waals surface area contributed by atoms with Crippen LogP contribution in [-0.2, 0) is 17.8 Å². The van der Waals surface area contributed by atoms with E-state index in [-0.39, 0.29) is 5.91 Å². The molecule has 4 aromatic rings. The van der Waals surface area contributed by atoms with Crippen LogP contribution in [0.2, 0.25) is 0 Å². The number of nitrogens with two attached hydrogens (primary N) is 1. The predicted octanol–water partition coefficient (Wildman–Crippen LogP) is 4.43. The Labute approximate surface area is 174 Å². The first-order chi connectivity index (χ1) is 14.7. The molecule has 0 saturated heterocycles. The van der Waals surface area contributed by atoms with Crippen LogP contribution in [0.4, 0.5) is 5.88 Å². The second kappa shape index (κ2) is 9.15. The van der Waals surface area contributed by atoms with Gasteiger partial charge >= 0.3 is 0 Å². The molecule has 0 atom stereocenters. The Hall–Kier alpha value is -3.77. The van der Waals surface area contributed by atoms with E-state index in [1.54, 1.807) is 12.4 Å². The molecule has 0 aliphatic heterocycles. The minimum atomic E-state index is -0.129. The van der Waals surface area contributed by atoms with Crippen molar-refractivity contribution in [1.82, 2.24) is 10.1 Å². The molecule has 0 aliphatic rings. The summed E-state index contributed by atoms with van der Waals surface area (Å²) >= 11 is 0. The highest BCUT2D eigenvalue weighted by atomic mass is 16.5. The summed E-state index contributed by atoms with van der Waals surface area (Å²) in [7, 11) is 0. The topological polar surface area (TPSA) is 94.0 Å². The van der Waals surface area contributed by atoms with Crippen molar-refractivity contribution in [2.75, 3.05) is 5.32 Å². The number of aryl methyl sites for hydroxylation is 1. The molecule has 150 valence electrons. The molecule has 30 heavy (non-hydrogen) atoms. The van der Waals surface area contributed by atoms with Gasteiger partial charge in [0, 0.05) is 30.9 Å². The van der Waals surface area contributed by atoms with Gasteiger partial charge in [-0.2, -0.15) is 0 Å². The fourth-order valence-corrected chi connectivity index (χ4v) is 3.25. The summed E-state index contributed by atoms with van der Waals surface area (Å²) in [5, 5.41) is 7.13. The van der Waals surface area contributed by atoms with Crippen molar-refractivity contribution in [3.63, 3.8) is 0 Å². The minimum absolute atomic E-state index is 0.129. The molecule has 2 aromatic carbocycles. The molecule has 1 amide bonds. The first kappa shape index (κ1) is 19.5. The van der Waals surface area contributed by atoms with Gasteiger partial charge in [0.25, 0.3) is 0 Å². The first-order valence-corrected chi connectivity index (χ1v) is 9.78. The standard InChI is InChI=1S/C24H22N4O2/c25-16-18-6-9-20(10-7-18)23-22(19-12-14-26-15-13-19)24(30-28-23)27-21(29)11-8-17-4-2-1-3-5-17/h1-7,9-10,12-15H,8,11,16,25H2,(H,27,29). The summed E-state index contributed by atoms with van der Waals surface area (Å²) < 4.78 is 5.56. The number of hydrogen-bond donors (Lipinski definition) is 2. The number of carbonyl (C=O) groups excluding carboxylic acids is 1. The number of carbonyl (C=O) groups is 1. The zero-order valence-electron chi connectivity index (χ0n) is 16.4. The molecule has 0 fully saturated rings. The maximum atomic E-state index is 12.6. The molecule has 0 spiro atoms. The van der Waals surface area contributed by atoms with E-state index in [4.69, 9.17) is 10.3 Å². The second-order valence-electron chi connectivity index (χ2n) is 6.91. The fourth-order valence-electron chi connectivity index (χ4n) is 3.25. The first-order valence-electron chi connectivity index (χ1n) is 9.78. The SMILES string of the molecule is NCc1ccc(-c2noc(NC(=O)CCc3ccccc3)c2-c2ccncc2)cc1. The highest BCUT2D eigenvalue weighted by Gasteiger charge is 2.21. The Bertz CT molecular complexity index is 1110. The molecule has 6 heteroatoms. The molecular formula is C24H22N4O2. The van der Waals surface area contributed by atoms with Gasteiger partial charge in [0.15, 0.2) is 0 Å². The van der Waals surface area contributed by atoms with Gasteiger partial charge in [-0.3, -0.25) is 15.1 Å². The number of amides is 1. The predicted molar refractivity (Wildman–Crippen MR) is 116 cm³/mol. The summed E-state index contributed by atoms with van der Waals surface area (Å²) in [6.07, 6.45) is 4.40. The number of pyridine rings is 1. The van der Waals surface area contributed by atoms with Crippen LogP contribution in [-0.4, -0.2) is 16.0 Å². The average molecular weight is 398 g/mol. The number of anilines is 1. The van der Waals surface area contributed by atoms with E-state index in [0.717, 1.165) is 27.8 Å². The van der Waals surface area contributed by atoms with E-state index < -0.39 is 0 Å². The van der Waals surface area contributed by atoms with Crippen molar-refractivity contribution in [2.45, 2.75) is 19.4 Å². The van der Waals surface area contributed by atoms with Gasteiger partial charge in [-0.05, 0) is 35.2 Å². The molecule has 2 aromatic heterocycles. The summed E-state index contributed by atoms with van der Waals surface area (Å²) in [5.74, 6) is 0.201. The Balaban J connectivity index is 1.61. The van der Waals surface area contributed by atoms with Gasteiger partial charge in [0.1, 0.15) is 5.69 Å². The summed E-state index contributed by atoms with van der Waals surface area (Å²) in [6.45, 7) is 0.471. The van der Waals surface area contributed by atoms with Crippen LogP contribution < -0.4 is 11.1 Å². The van der Waals surface area contributed by atoms with Crippen molar-refractivity contribution in [2.24, 2.45) is 5.73 Å². The van der Waals surface area contributed by atoms with Gasteiger partial charge in [0.2, 0.25) is 11.8 Å². The number of nitrogens with zero attached hydrogens (tertiary/aromatic N) is 2. The van der Waals surface area contributed by atoms with E-state index in [1.807, 2.05) is 66.7 Å². The normalized spacial score (nSPS) is 10.7. The van der Waals surface area contributed by atoms with Crippen LogP contribution >= 0.6 is 0 Å². The smallest absolute Gasteiger partial charge is 0.239 e. The third-order valence-corrected chi connectivity index (χ3v) is 4.86. The van der Waals surface area contributed by atoms with Gasteiger partial charge < -0.3 is 10.3 Å². The molecule has 0 saturated carbocycles. The van der Waals surface area contributed by atoms with Crippen LogP contribution in [0.5, 0.6) is 0 Å². The molecule has 6 nitrogen and oxygen atoms in total. The van der Waals surface area contributed by atoms with E-state index >= 15 is 0 Å².